The van der Waals surface area contributed by atoms with Crippen LogP contribution in [0.3, 0.4) is 0 Å². The number of carbonyl (C=O) groups excluding carboxylic acids is 1. The number of aliphatic hydroxyl groups is 1. The number of hydrogen-bond donors (Lipinski definition) is 4. The van der Waals surface area contributed by atoms with Gasteiger partial charge in [0.2, 0.25) is 5.91 Å². The van der Waals surface area contributed by atoms with Crippen LogP contribution in [-0.2, 0) is 18.4 Å². The smallest absolute Gasteiger partial charge is 0.391 e. The molecule has 0 fully saturated rings. The third kappa shape index (κ3) is 29.4. The predicted octanol–water partition coefficient (Wildman–Crippen LogP) is 8.82. The summed E-state index contributed by atoms with van der Waals surface area (Å²) in [5.74, 6) is -0.178. The van der Waals surface area contributed by atoms with Crippen LogP contribution < -0.4 is 11.1 Å². The second kappa shape index (κ2) is 31.7. The van der Waals surface area contributed by atoms with Crippen molar-refractivity contribution >= 4 is 13.7 Å². The monoisotopic (exact) mass is 642 g/mol. The van der Waals surface area contributed by atoms with Gasteiger partial charge in [0.1, 0.15) is 0 Å². The molecule has 0 rings (SSSR count). The van der Waals surface area contributed by atoms with Crippen molar-refractivity contribution < 1.29 is 28.4 Å². The molecule has 0 spiro atoms. The molecule has 0 aromatic heterocycles. The number of carbonyl (C=O) groups is 1. The summed E-state index contributed by atoms with van der Waals surface area (Å²) in [6.07, 6.45) is 34.4. The van der Waals surface area contributed by atoms with Gasteiger partial charge in [-0.25, -0.2) is 4.57 Å². The molecule has 3 atom stereocenters. The molecular weight excluding hydrogens is 575 g/mol. The van der Waals surface area contributed by atoms with Crippen molar-refractivity contribution in [2.24, 2.45) is 5.73 Å². The quantitative estimate of drug-likeness (QED) is 0.0328. The van der Waals surface area contributed by atoms with Crippen LogP contribution in [0.25, 0.3) is 0 Å². The summed E-state index contributed by atoms with van der Waals surface area (Å²) < 4.78 is 22.0. The zero-order chi connectivity index (χ0) is 32.6. The van der Waals surface area contributed by atoms with Crippen molar-refractivity contribution in [3.8, 4) is 0 Å². The number of hydrogen-bond acceptors (Lipinski definition) is 6. The number of phosphoric ester groups is 1. The average molecular weight is 643 g/mol. The summed E-state index contributed by atoms with van der Waals surface area (Å²) in [7, 11) is -4.30. The van der Waals surface area contributed by atoms with Crippen molar-refractivity contribution in [1.82, 2.24) is 5.32 Å². The van der Waals surface area contributed by atoms with E-state index < -0.39 is 20.0 Å². The SMILES string of the molecule is CC/C=C\C/C=C\C/C=C\CCCCCCCCCC(=O)NC(COP(=O)(O)OCCN)C(O)CCCCCCCCCC. The van der Waals surface area contributed by atoms with E-state index in [-0.39, 0.29) is 25.7 Å². The lowest BCUT2D eigenvalue weighted by molar-refractivity contribution is -0.123. The van der Waals surface area contributed by atoms with Crippen LogP contribution in [0.15, 0.2) is 36.5 Å². The van der Waals surface area contributed by atoms with E-state index in [2.05, 4.69) is 55.6 Å². The number of amides is 1. The lowest BCUT2D eigenvalue weighted by Crippen LogP contribution is -2.46. The van der Waals surface area contributed by atoms with Gasteiger partial charge in [-0.15, -0.1) is 0 Å². The number of nitrogens with two attached hydrogens (primary N) is 1. The van der Waals surface area contributed by atoms with Crippen LogP contribution in [0.5, 0.6) is 0 Å². The Labute approximate surface area is 269 Å². The molecule has 44 heavy (non-hydrogen) atoms. The lowest BCUT2D eigenvalue weighted by atomic mass is 10.0. The first-order chi connectivity index (χ1) is 21.4. The molecule has 258 valence electrons. The van der Waals surface area contributed by atoms with Gasteiger partial charge in [-0.3, -0.25) is 13.8 Å². The summed E-state index contributed by atoms with van der Waals surface area (Å²) in [4.78, 5) is 22.5. The fourth-order valence-corrected chi connectivity index (χ4v) is 5.61. The van der Waals surface area contributed by atoms with Crippen molar-refractivity contribution in [3.63, 3.8) is 0 Å². The largest absolute Gasteiger partial charge is 0.472 e. The number of allylic oxidation sites excluding steroid dienone is 6. The van der Waals surface area contributed by atoms with Crippen molar-refractivity contribution in [3.05, 3.63) is 36.5 Å². The molecule has 0 saturated carbocycles. The van der Waals surface area contributed by atoms with E-state index in [0.717, 1.165) is 64.2 Å². The molecule has 0 aromatic rings. The number of nitrogens with one attached hydrogen (secondary N) is 1. The average Bonchev–Trinajstić information content (AvgIpc) is 3.01. The molecule has 0 aliphatic rings. The van der Waals surface area contributed by atoms with Gasteiger partial charge < -0.3 is 21.1 Å². The molecule has 0 radical (unpaired) electrons. The predicted molar refractivity (Wildman–Crippen MR) is 184 cm³/mol. The third-order valence-electron chi connectivity index (χ3n) is 7.51. The number of rotatable bonds is 32. The van der Waals surface area contributed by atoms with Crippen LogP contribution in [0.2, 0.25) is 0 Å². The molecule has 0 saturated heterocycles. The molecule has 0 aliphatic heterocycles. The van der Waals surface area contributed by atoms with Gasteiger partial charge >= 0.3 is 7.82 Å². The normalized spacial score (nSPS) is 14.9. The molecule has 0 heterocycles. The Morgan fingerprint density at radius 3 is 1.93 bits per heavy atom. The fraction of sp³-hybridized carbons (Fsp3) is 0.800. The highest BCUT2D eigenvalue weighted by Crippen LogP contribution is 2.43. The van der Waals surface area contributed by atoms with Gasteiger partial charge in [0.05, 0.1) is 25.4 Å². The number of phosphoric acid groups is 1. The van der Waals surface area contributed by atoms with Crippen LogP contribution in [-0.4, -0.2) is 47.8 Å². The number of aliphatic hydroxyl groups excluding tert-OH is 1. The van der Waals surface area contributed by atoms with E-state index in [0.29, 0.717) is 12.8 Å². The molecule has 5 N–H and O–H groups in total. The van der Waals surface area contributed by atoms with Crippen LogP contribution in [0, 0.1) is 0 Å². The van der Waals surface area contributed by atoms with Gasteiger partial charge in [-0.05, 0) is 44.9 Å². The second-order valence-corrected chi connectivity index (χ2v) is 13.2. The highest BCUT2D eigenvalue weighted by molar-refractivity contribution is 7.47. The molecule has 3 unspecified atom stereocenters. The van der Waals surface area contributed by atoms with Crippen LogP contribution in [0.4, 0.5) is 0 Å². The molecule has 1 amide bonds. The minimum atomic E-state index is -4.30. The summed E-state index contributed by atoms with van der Waals surface area (Å²) >= 11 is 0. The minimum Gasteiger partial charge on any atom is -0.391 e. The van der Waals surface area contributed by atoms with Crippen molar-refractivity contribution in [2.75, 3.05) is 19.8 Å². The highest BCUT2D eigenvalue weighted by Gasteiger charge is 2.27. The van der Waals surface area contributed by atoms with Gasteiger partial charge in [0.15, 0.2) is 0 Å². The first-order valence-electron chi connectivity index (χ1n) is 17.6. The Morgan fingerprint density at radius 1 is 0.773 bits per heavy atom. The zero-order valence-electron chi connectivity index (χ0n) is 28.1. The van der Waals surface area contributed by atoms with Gasteiger partial charge in [0, 0.05) is 13.0 Å². The topological polar surface area (TPSA) is 131 Å². The molecular formula is C35H67N2O6P. The molecule has 0 aromatic carbocycles. The Hall–Kier alpha value is -1.28. The first-order valence-corrected chi connectivity index (χ1v) is 19.1. The zero-order valence-corrected chi connectivity index (χ0v) is 29.0. The Bertz CT molecular complexity index is 789. The molecule has 0 bridgehead atoms. The number of unbranched alkanes of at least 4 members (excludes halogenated alkanes) is 14. The summed E-state index contributed by atoms with van der Waals surface area (Å²) in [5.41, 5.74) is 5.34. The maximum absolute atomic E-state index is 12.6. The lowest BCUT2D eigenvalue weighted by Gasteiger charge is -2.25. The summed E-state index contributed by atoms with van der Waals surface area (Å²) in [6.45, 7) is 4.03. The Morgan fingerprint density at radius 2 is 1.32 bits per heavy atom. The van der Waals surface area contributed by atoms with Crippen molar-refractivity contribution in [1.29, 1.82) is 0 Å². The van der Waals surface area contributed by atoms with E-state index in [1.54, 1.807) is 0 Å². The van der Waals surface area contributed by atoms with E-state index in [1.807, 2.05) is 0 Å². The van der Waals surface area contributed by atoms with E-state index >= 15 is 0 Å². The van der Waals surface area contributed by atoms with Gasteiger partial charge in [-0.1, -0.05) is 134 Å². The van der Waals surface area contributed by atoms with Gasteiger partial charge in [0.25, 0.3) is 0 Å². The van der Waals surface area contributed by atoms with Gasteiger partial charge in [-0.2, -0.15) is 0 Å². The molecule has 8 nitrogen and oxygen atoms in total. The van der Waals surface area contributed by atoms with E-state index in [4.69, 9.17) is 14.8 Å². The minimum absolute atomic E-state index is 0.0856. The molecule has 9 heteroatoms. The maximum atomic E-state index is 12.6. The Balaban J connectivity index is 4.22. The Kier molecular flexibility index (Phi) is 30.8. The van der Waals surface area contributed by atoms with Crippen molar-refractivity contribution in [2.45, 2.75) is 161 Å². The first kappa shape index (κ1) is 42.7. The van der Waals surface area contributed by atoms with Crippen LogP contribution >= 0.6 is 7.82 Å². The highest BCUT2D eigenvalue weighted by atomic mass is 31.2. The maximum Gasteiger partial charge on any atom is 0.472 e. The fourth-order valence-electron chi connectivity index (χ4n) is 4.85. The standard InChI is InChI=1S/C35H67N2O6P/c1-3-5-7-9-11-13-14-15-16-17-18-19-20-21-23-25-27-29-35(39)37-33(32-43-44(40,41)42-31-30-36)34(38)28-26-24-22-12-10-8-6-4-2/h5,7,11,13,15-16,33-34,38H,3-4,6,8-10,12,14,17-32,36H2,1-2H3,(H,37,39)(H,40,41)/b7-5-,13-11-,16-15-. The van der Waals surface area contributed by atoms with Crippen LogP contribution in [0.1, 0.15) is 149 Å². The molecule has 0 aliphatic carbocycles. The summed E-state index contributed by atoms with van der Waals surface area (Å²) in [5, 5.41) is 13.6. The van der Waals surface area contributed by atoms with E-state index in [1.165, 1.54) is 57.8 Å². The third-order valence-corrected chi connectivity index (χ3v) is 8.49. The summed E-state index contributed by atoms with van der Waals surface area (Å²) in [6, 6.07) is -0.776. The van der Waals surface area contributed by atoms with E-state index in [9.17, 15) is 19.4 Å². The second-order valence-electron chi connectivity index (χ2n) is 11.7.